The zero-order valence-electron chi connectivity index (χ0n) is 21.7. The first kappa shape index (κ1) is 23.2. The zero-order chi connectivity index (χ0) is 26.6. The van der Waals surface area contributed by atoms with Crippen molar-refractivity contribution in [2.24, 2.45) is 0 Å². The summed E-state index contributed by atoms with van der Waals surface area (Å²) in [6.45, 7) is 0. The van der Waals surface area contributed by atoms with Crippen LogP contribution in [0.2, 0.25) is 0 Å². The van der Waals surface area contributed by atoms with Gasteiger partial charge in [0.1, 0.15) is 0 Å². The number of hydrogen-bond donors (Lipinski definition) is 0. The number of fused-ring (bicyclic) bond motifs is 8. The molecule has 0 aliphatic carbocycles. The summed E-state index contributed by atoms with van der Waals surface area (Å²) in [4.78, 5) is 0. The predicted molar refractivity (Wildman–Crippen MR) is 174 cm³/mol. The van der Waals surface area contributed by atoms with Crippen LogP contribution in [-0.2, 0) is 0 Å². The van der Waals surface area contributed by atoms with E-state index in [2.05, 4.69) is 166 Å². The highest BCUT2D eigenvalue weighted by molar-refractivity contribution is 9.10. The lowest BCUT2D eigenvalue weighted by atomic mass is 9.95. The molecule has 0 saturated carbocycles. The Kier molecular flexibility index (Phi) is 5.36. The largest absolute Gasteiger partial charge is 0.309 e. The quantitative estimate of drug-likeness (QED) is 0.185. The van der Waals surface area contributed by atoms with E-state index in [-0.39, 0.29) is 0 Å². The molecule has 0 unspecified atom stereocenters. The average Bonchev–Trinajstić information content (AvgIpc) is 3.37. The molecule has 0 amide bonds. The van der Waals surface area contributed by atoms with Crippen molar-refractivity contribution >= 4 is 59.3 Å². The highest BCUT2D eigenvalue weighted by Gasteiger charge is 2.19. The van der Waals surface area contributed by atoms with Crippen LogP contribution in [0.25, 0.3) is 71.3 Å². The number of nitrogens with zero attached hydrogens (tertiary/aromatic N) is 1. The SMILES string of the molecule is Brc1ccc(-c2cccc(-c3ccc4c5c6ccccc6c6ccccc6c5n(-c5ccccc5)c4c3)c2)cc1. The van der Waals surface area contributed by atoms with E-state index < -0.39 is 0 Å². The van der Waals surface area contributed by atoms with E-state index in [0.29, 0.717) is 0 Å². The molecule has 7 aromatic carbocycles. The van der Waals surface area contributed by atoms with E-state index in [0.717, 1.165) is 4.47 Å². The summed E-state index contributed by atoms with van der Waals surface area (Å²) in [5.41, 5.74) is 8.49. The molecule has 0 fully saturated rings. The molecule has 8 rings (SSSR count). The van der Waals surface area contributed by atoms with E-state index in [9.17, 15) is 0 Å². The fraction of sp³-hybridized carbons (Fsp3) is 0. The van der Waals surface area contributed by atoms with Gasteiger partial charge in [-0.05, 0) is 74.8 Å². The van der Waals surface area contributed by atoms with Gasteiger partial charge in [-0.3, -0.25) is 0 Å². The Morgan fingerprint density at radius 1 is 0.400 bits per heavy atom. The van der Waals surface area contributed by atoms with E-state index in [1.807, 2.05) is 0 Å². The van der Waals surface area contributed by atoms with Gasteiger partial charge in [0.2, 0.25) is 0 Å². The van der Waals surface area contributed by atoms with Crippen LogP contribution >= 0.6 is 15.9 Å². The predicted octanol–water partition coefficient (Wildman–Crippen LogP) is 11.2. The minimum atomic E-state index is 1.09. The molecule has 0 spiro atoms. The van der Waals surface area contributed by atoms with Crippen LogP contribution < -0.4 is 0 Å². The molecule has 188 valence electrons. The Balaban J connectivity index is 1.47. The second-order valence-corrected chi connectivity index (χ2v) is 11.2. The van der Waals surface area contributed by atoms with Crippen LogP contribution in [0, 0.1) is 0 Å². The summed E-state index contributed by atoms with van der Waals surface area (Å²) in [6.07, 6.45) is 0. The van der Waals surface area contributed by atoms with Gasteiger partial charge in [0, 0.05) is 26.3 Å². The highest BCUT2D eigenvalue weighted by Crippen LogP contribution is 2.43. The maximum Gasteiger partial charge on any atom is 0.0625 e. The standard InChI is InChI=1S/C38H24BrN/c39-29-20-17-25(18-21-29)26-9-8-10-27(23-26)28-19-22-35-36(24-28)40(30-11-2-1-3-12-30)38-34-16-7-5-14-32(34)31-13-4-6-15-33(31)37(35)38/h1-24H. The van der Waals surface area contributed by atoms with Gasteiger partial charge in [0.25, 0.3) is 0 Å². The van der Waals surface area contributed by atoms with E-state index in [4.69, 9.17) is 0 Å². The first-order valence-corrected chi connectivity index (χ1v) is 14.3. The third-order valence-electron chi connectivity index (χ3n) is 8.02. The zero-order valence-corrected chi connectivity index (χ0v) is 23.3. The lowest BCUT2D eigenvalue weighted by Crippen LogP contribution is -1.94. The summed E-state index contributed by atoms with van der Waals surface area (Å²) >= 11 is 3.56. The number of benzene rings is 7. The minimum Gasteiger partial charge on any atom is -0.309 e. The van der Waals surface area contributed by atoms with Gasteiger partial charge in [-0.2, -0.15) is 0 Å². The van der Waals surface area contributed by atoms with Gasteiger partial charge >= 0.3 is 0 Å². The average molecular weight is 575 g/mol. The summed E-state index contributed by atoms with van der Waals surface area (Å²) < 4.78 is 3.55. The Labute approximate surface area is 241 Å². The Morgan fingerprint density at radius 3 is 1.73 bits per heavy atom. The number of para-hydroxylation sites is 1. The number of halogens is 1. The summed E-state index contributed by atoms with van der Waals surface area (Å²) in [7, 11) is 0. The van der Waals surface area contributed by atoms with Gasteiger partial charge < -0.3 is 4.57 Å². The third kappa shape index (κ3) is 3.61. The summed E-state index contributed by atoms with van der Waals surface area (Å²) in [5.74, 6) is 0. The van der Waals surface area contributed by atoms with E-state index >= 15 is 0 Å². The normalized spacial score (nSPS) is 11.6. The maximum atomic E-state index is 3.56. The second-order valence-electron chi connectivity index (χ2n) is 10.3. The molecule has 0 aliphatic heterocycles. The third-order valence-corrected chi connectivity index (χ3v) is 8.55. The van der Waals surface area contributed by atoms with Crippen LogP contribution in [0.1, 0.15) is 0 Å². The monoisotopic (exact) mass is 573 g/mol. The van der Waals surface area contributed by atoms with E-state index in [1.54, 1.807) is 0 Å². The number of rotatable bonds is 3. The Hall–Kier alpha value is -4.66. The minimum absolute atomic E-state index is 1.09. The number of aromatic nitrogens is 1. The van der Waals surface area contributed by atoms with Gasteiger partial charge in [-0.25, -0.2) is 0 Å². The van der Waals surface area contributed by atoms with Crippen molar-refractivity contribution in [3.8, 4) is 27.9 Å². The lowest BCUT2D eigenvalue weighted by molar-refractivity contribution is 1.19. The van der Waals surface area contributed by atoms with Crippen LogP contribution in [0.15, 0.2) is 150 Å². The molecule has 0 N–H and O–H groups in total. The molecule has 1 nitrogen and oxygen atoms in total. The molecular weight excluding hydrogens is 550 g/mol. The van der Waals surface area contributed by atoms with Crippen molar-refractivity contribution in [3.05, 3.63) is 150 Å². The fourth-order valence-corrected chi connectivity index (χ4v) is 6.49. The van der Waals surface area contributed by atoms with Crippen LogP contribution in [0.3, 0.4) is 0 Å². The highest BCUT2D eigenvalue weighted by atomic mass is 79.9. The molecule has 0 aliphatic rings. The van der Waals surface area contributed by atoms with Gasteiger partial charge in [0.05, 0.1) is 11.0 Å². The molecule has 2 heteroatoms. The first-order valence-electron chi connectivity index (χ1n) is 13.6. The number of hydrogen-bond acceptors (Lipinski definition) is 0. The van der Waals surface area contributed by atoms with Gasteiger partial charge in [0.15, 0.2) is 0 Å². The van der Waals surface area contributed by atoms with Crippen LogP contribution in [0.5, 0.6) is 0 Å². The van der Waals surface area contributed by atoms with Crippen molar-refractivity contribution in [1.82, 2.24) is 4.57 Å². The lowest BCUT2D eigenvalue weighted by Gasteiger charge is -2.12. The molecular formula is C38H24BrN. The van der Waals surface area contributed by atoms with Crippen LogP contribution in [-0.4, -0.2) is 4.57 Å². The second kappa shape index (κ2) is 9.22. The molecule has 0 bridgehead atoms. The molecule has 40 heavy (non-hydrogen) atoms. The molecule has 8 aromatic rings. The van der Waals surface area contributed by atoms with Crippen molar-refractivity contribution in [2.45, 2.75) is 0 Å². The fourth-order valence-electron chi connectivity index (χ4n) is 6.22. The molecule has 1 heterocycles. The van der Waals surface area contributed by atoms with Crippen LogP contribution in [0.4, 0.5) is 0 Å². The van der Waals surface area contributed by atoms with Gasteiger partial charge in [-0.1, -0.05) is 125 Å². The smallest absolute Gasteiger partial charge is 0.0625 e. The van der Waals surface area contributed by atoms with Crippen molar-refractivity contribution < 1.29 is 0 Å². The molecule has 0 radical (unpaired) electrons. The first-order chi connectivity index (χ1) is 19.8. The molecule has 0 atom stereocenters. The van der Waals surface area contributed by atoms with E-state index in [1.165, 1.54) is 71.3 Å². The molecule has 1 aromatic heterocycles. The van der Waals surface area contributed by atoms with Crippen molar-refractivity contribution in [1.29, 1.82) is 0 Å². The topological polar surface area (TPSA) is 4.93 Å². The summed E-state index contributed by atoms with van der Waals surface area (Å²) in [5, 5.41) is 7.73. The van der Waals surface area contributed by atoms with Crippen molar-refractivity contribution in [3.63, 3.8) is 0 Å². The van der Waals surface area contributed by atoms with Gasteiger partial charge in [-0.15, -0.1) is 0 Å². The van der Waals surface area contributed by atoms with Crippen molar-refractivity contribution in [2.75, 3.05) is 0 Å². The molecule has 0 saturated heterocycles. The summed E-state index contributed by atoms with van der Waals surface area (Å²) in [6, 6.07) is 52.8. The Morgan fingerprint density at radius 2 is 0.975 bits per heavy atom. The maximum absolute atomic E-state index is 3.56. The Bertz CT molecular complexity index is 2210.